The molecular formula is C13H18FN3. The molecule has 0 aliphatic carbocycles. The summed E-state index contributed by atoms with van der Waals surface area (Å²) in [5.41, 5.74) is 0.975. The Morgan fingerprint density at radius 2 is 2.18 bits per heavy atom. The lowest BCUT2D eigenvalue weighted by atomic mass is 9.99. The number of anilines is 1. The van der Waals surface area contributed by atoms with Gasteiger partial charge in [-0.15, -0.1) is 0 Å². The second kappa shape index (κ2) is 4.61. The summed E-state index contributed by atoms with van der Waals surface area (Å²) in [6, 6.07) is 4.11. The minimum absolute atomic E-state index is 0.381. The summed E-state index contributed by atoms with van der Waals surface area (Å²) >= 11 is 0. The average molecular weight is 235 g/mol. The maximum Gasteiger partial charge on any atom is 0.214 e. The Bertz CT molecular complexity index is 396. The lowest BCUT2D eigenvalue weighted by Crippen LogP contribution is -2.54. The van der Waals surface area contributed by atoms with Gasteiger partial charge in [-0.3, -0.25) is 4.90 Å². The number of hydrogen-bond acceptors (Lipinski definition) is 3. The molecule has 2 fully saturated rings. The van der Waals surface area contributed by atoms with E-state index in [9.17, 15) is 4.39 Å². The fourth-order valence-corrected chi connectivity index (χ4v) is 2.98. The minimum atomic E-state index is -0.381. The van der Waals surface area contributed by atoms with Crippen molar-refractivity contribution in [3.05, 3.63) is 24.3 Å². The van der Waals surface area contributed by atoms with Gasteiger partial charge in [0.2, 0.25) is 5.95 Å². The molecule has 1 atom stereocenters. The quantitative estimate of drug-likeness (QED) is 0.693. The molecule has 0 aromatic carbocycles. The van der Waals surface area contributed by atoms with E-state index in [1.807, 2.05) is 6.07 Å². The first kappa shape index (κ1) is 11.0. The van der Waals surface area contributed by atoms with Gasteiger partial charge in [0.1, 0.15) is 0 Å². The molecule has 92 valence electrons. The molecule has 17 heavy (non-hydrogen) atoms. The number of halogens is 1. The van der Waals surface area contributed by atoms with Crippen LogP contribution in [0.2, 0.25) is 0 Å². The molecule has 3 rings (SSSR count). The van der Waals surface area contributed by atoms with Crippen molar-refractivity contribution in [2.24, 2.45) is 0 Å². The van der Waals surface area contributed by atoms with E-state index in [4.69, 9.17) is 0 Å². The molecule has 1 aromatic rings. The molecule has 0 amide bonds. The number of piperidine rings is 1. The molecule has 2 saturated heterocycles. The van der Waals surface area contributed by atoms with Crippen molar-refractivity contribution >= 4 is 5.69 Å². The Morgan fingerprint density at radius 3 is 3.06 bits per heavy atom. The summed E-state index contributed by atoms with van der Waals surface area (Å²) in [6.45, 7) is 4.38. The molecule has 0 bridgehead atoms. The van der Waals surface area contributed by atoms with Crippen molar-refractivity contribution in [3.8, 4) is 0 Å². The summed E-state index contributed by atoms with van der Waals surface area (Å²) in [5, 5.41) is 0. The maximum absolute atomic E-state index is 13.1. The second-order valence-electron chi connectivity index (χ2n) is 4.97. The summed E-state index contributed by atoms with van der Waals surface area (Å²) in [5.74, 6) is -0.381. The van der Waals surface area contributed by atoms with Crippen molar-refractivity contribution in [3.63, 3.8) is 0 Å². The second-order valence-corrected chi connectivity index (χ2v) is 4.97. The highest BCUT2D eigenvalue weighted by molar-refractivity contribution is 5.45. The normalized spacial score (nSPS) is 25.7. The van der Waals surface area contributed by atoms with E-state index in [2.05, 4.69) is 14.8 Å². The maximum atomic E-state index is 13.1. The van der Waals surface area contributed by atoms with Gasteiger partial charge in [0.25, 0.3) is 0 Å². The molecule has 2 aliphatic heterocycles. The molecule has 1 aromatic heterocycles. The summed E-state index contributed by atoms with van der Waals surface area (Å²) in [4.78, 5) is 8.48. The molecule has 0 spiro atoms. The lowest BCUT2D eigenvalue weighted by Gasteiger charge is -2.44. The Balaban J connectivity index is 1.73. The molecule has 3 heterocycles. The highest BCUT2D eigenvalue weighted by atomic mass is 19.1. The zero-order valence-corrected chi connectivity index (χ0v) is 9.98. The van der Waals surface area contributed by atoms with E-state index < -0.39 is 0 Å². The number of pyridine rings is 1. The number of hydrogen-bond donors (Lipinski definition) is 0. The highest BCUT2D eigenvalue weighted by Crippen LogP contribution is 2.24. The molecular weight excluding hydrogens is 217 g/mol. The van der Waals surface area contributed by atoms with Crippen LogP contribution in [0.4, 0.5) is 10.1 Å². The largest absolute Gasteiger partial charge is 0.369 e. The molecule has 0 radical (unpaired) electrons. The fourth-order valence-electron chi connectivity index (χ4n) is 2.98. The van der Waals surface area contributed by atoms with Crippen LogP contribution in [0.5, 0.6) is 0 Å². The summed E-state index contributed by atoms with van der Waals surface area (Å²) in [7, 11) is 0. The Labute approximate surface area is 101 Å². The van der Waals surface area contributed by atoms with Crippen molar-refractivity contribution in [1.29, 1.82) is 0 Å². The SMILES string of the molecule is Fc1cc(N2CCN3CCCCC3C2)ccn1. The Hall–Kier alpha value is -1.16. The molecule has 0 N–H and O–H groups in total. The van der Waals surface area contributed by atoms with Gasteiger partial charge in [-0.05, 0) is 25.5 Å². The van der Waals surface area contributed by atoms with Crippen LogP contribution in [0, 0.1) is 5.95 Å². The minimum Gasteiger partial charge on any atom is -0.369 e. The third-order valence-corrected chi connectivity index (χ3v) is 3.91. The first-order valence-corrected chi connectivity index (χ1v) is 6.43. The molecule has 0 saturated carbocycles. The van der Waals surface area contributed by atoms with Gasteiger partial charge in [-0.1, -0.05) is 6.42 Å². The van der Waals surface area contributed by atoms with Gasteiger partial charge in [0, 0.05) is 43.6 Å². The van der Waals surface area contributed by atoms with Gasteiger partial charge in [0.05, 0.1) is 0 Å². The molecule has 1 unspecified atom stereocenters. The van der Waals surface area contributed by atoms with Crippen LogP contribution in [-0.4, -0.2) is 42.1 Å². The zero-order chi connectivity index (χ0) is 11.7. The van der Waals surface area contributed by atoms with Crippen LogP contribution in [0.15, 0.2) is 18.3 Å². The van der Waals surface area contributed by atoms with Gasteiger partial charge in [0.15, 0.2) is 0 Å². The number of aromatic nitrogens is 1. The van der Waals surface area contributed by atoms with Gasteiger partial charge in [-0.2, -0.15) is 4.39 Å². The van der Waals surface area contributed by atoms with Crippen molar-refractivity contribution in [2.45, 2.75) is 25.3 Å². The third-order valence-electron chi connectivity index (χ3n) is 3.91. The van der Waals surface area contributed by atoms with Gasteiger partial charge in [-0.25, -0.2) is 4.98 Å². The predicted molar refractivity (Wildman–Crippen MR) is 65.6 cm³/mol. The van der Waals surface area contributed by atoms with Crippen LogP contribution < -0.4 is 4.90 Å². The average Bonchev–Trinajstić information content (AvgIpc) is 2.38. The van der Waals surface area contributed by atoms with E-state index in [0.29, 0.717) is 6.04 Å². The van der Waals surface area contributed by atoms with Crippen LogP contribution in [0.1, 0.15) is 19.3 Å². The van der Waals surface area contributed by atoms with Gasteiger partial charge >= 0.3 is 0 Å². The van der Waals surface area contributed by atoms with Crippen LogP contribution in [0.3, 0.4) is 0 Å². The monoisotopic (exact) mass is 235 g/mol. The van der Waals surface area contributed by atoms with Crippen molar-refractivity contribution in [2.75, 3.05) is 31.1 Å². The lowest BCUT2D eigenvalue weighted by molar-refractivity contribution is 0.133. The van der Waals surface area contributed by atoms with Crippen LogP contribution in [-0.2, 0) is 0 Å². The first-order chi connectivity index (χ1) is 8.33. The molecule has 4 heteroatoms. The Morgan fingerprint density at radius 1 is 1.24 bits per heavy atom. The Kier molecular flexibility index (Phi) is 2.97. The van der Waals surface area contributed by atoms with Crippen LogP contribution >= 0.6 is 0 Å². The molecule has 2 aliphatic rings. The highest BCUT2D eigenvalue weighted by Gasteiger charge is 2.28. The topological polar surface area (TPSA) is 19.4 Å². The number of fused-ring (bicyclic) bond motifs is 1. The van der Waals surface area contributed by atoms with Gasteiger partial charge < -0.3 is 4.90 Å². The fraction of sp³-hybridized carbons (Fsp3) is 0.615. The smallest absolute Gasteiger partial charge is 0.214 e. The predicted octanol–water partition coefficient (Wildman–Crippen LogP) is 1.90. The van der Waals surface area contributed by atoms with Crippen LogP contribution in [0.25, 0.3) is 0 Å². The van der Waals surface area contributed by atoms with E-state index >= 15 is 0 Å². The first-order valence-electron chi connectivity index (χ1n) is 6.43. The standard InChI is InChI=1S/C13H18FN3/c14-13-9-11(4-5-15-13)17-8-7-16-6-2-1-3-12(16)10-17/h4-5,9,12H,1-3,6-8,10H2. The summed E-state index contributed by atoms with van der Waals surface area (Å²) < 4.78 is 13.1. The third kappa shape index (κ3) is 2.27. The van der Waals surface area contributed by atoms with E-state index in [1.54, 1.807) is 12.3 Å². The molecule has 3 nitrogen and oxygen atoms in total. The van der Waals surface area contributed by atoms with Crippen molar-refractivity contribution in [1.82, 2.24) is 9.88 Å². The number of rotatable bonds is 1. The van der Waals surface area contributed by atoms with Crippen molar-refractivity contribution < 1.29 is 4.39 Å². The zero-order valence-electron chi connectivity index (χ0n) is 9.98. The van der Waals surface area contributed by atoms with E-state index in [1.165, 1.54) is 25.8 Å². The number of nitrogens with zero attached hydrogens (tertiary/aromatic N) is 3. The number of piperazine rings is 1. The van der Waals surface area contributed by atoms with E-state index in [0.717, 1.165) is 25.3 Å². The van der Waals surface area contributed by atoms with E-state index in [-0.39, 0.29) is 5.95 Å². The summed E-state index contributed by atoms with van der Waals surface area (Å²) in [6.07, 6.45) is 5.50.